The lowest BCUT2D eigenvalue weighted by Crippen LogP contribution is -2.45. The van der Waals surface area contributed by atoms with Gasteiger partial charge >= 0.3 is 12.1 Å². The molecule has 0 aliphatic carbocycles. The number of carbonyl (C=O) groups excluding carboxylic acids is 2. The predicted molar refractivity (Wildman–Crippen MR) is 198 cm³/mol. The number of aliphatic imine (C=N–C) groups is 1. The van der Waals surface area contributed by atoms with Crippen molar-refractivity contribution in [2.45, 2.75) is 128 Å². The molecule has 7 nitrogen and oxygen atoms in total. The molecule has 0 spiro atoms. The van der Waals surface area contributed by atoms with Gasteiger partial charge in [0.1, 0.15) is 11.6 Å². The molecule has 11 heteroatoms. The molecule has 1 atom stereocenters. The first kappa shape index (κ1) is 39.6. The van der Waals surface area contributed by atoms with Crippen LogP contribution in [0.5, 0.6) is 0 Å². The monoisotopic (exact) mass is 694 g/mol. The van der Waals surface area contributed by atoms with E-state index in [4.69, 9.17) is 18.9 Å². The van der Waals surface area contributed by atoms with Crippen LogP contribution in [0.1, 0.15) is 79.3 Å². The van der Waals surface area contributed by atoms with E-state index in [-0.39, 0.29) is 5.04 Å². The first-order chi connectivity index (χ1) is 20.7. The maximum absolute atomic E-state index is 13.8. The number of hydrogen-bond donors (Lipinski definition) is 0. The van der Waals surface area contributed by atoms with Crippen molar-refractivity contribution < 1.29 is 23.5 Å². The second-order valence-electron chi connectivity index (χ2n) is 15.4. The van der Waals surface area contributed by atoms with Gasteiger partial charge in [-0.3, -0.25) is 0 Å². The Morgan fingerprint density at radius 3 is 2.18 bits per heavy atom. The number of unbranched alkanes of at least 4 members (excludes halogenated alkanes) is 2. The second-order valence-corrected chi connectivity index (χ2v) is 27.7. The number of nitrogens with zero attached hydrogens (tertiary/aromatic N) is 2. The number of benzene rings is 1. The van der Waals surface area contributed by atoms with Crippen molar-refractivity contribution in [3.8, 4) is 0 Å². The average Bonchev–Trinajstić information content (AvgIpc) is 2.89. The third-order valence-electron chi connectivity index (χ3n) is 8.00. The molecule has 1 amide bonds. The zero-order valence-electron chi connectivity index (χ0n) is 30.1. The summed E-state index contributed by atoms with van der Waals surface area (Å²) >= 11 is 3.12. The van der Waals surface area contributed by atoms with Crippen LogP contribution in [0.4, 0.5) is 4.79 Å². The van der Waals surface area contributed by atoms with Crippen molar-refractivity contribution in [1.29, 1.82) is 0 Å². The van der Waals surface area contributed by atoms with Crippen LogP contribution < -0.4 is 0 Å². The third-order valence-corrected chi connectivity index (χ3v) is 16.1. The molecule has 0 aromatic heterocycles. The first-order valence-electron chi connectivity index (χ1n) is 16.1. The number of amidine groups is 1. The Bertz CT molecular complexity index is 1230. The van der Waals surface area contributed by atoms with Crippen molar-refractivity contribution in [3.63, 3.8) is 0 Å². The molecule has 1 aromatic carbocycles. The van der Waals surface area contributed by atoms with Gasteiger partial charge < -0.3 is 13.9 Å². The summed E-state index contributed by atoms with van der Waals surface area (Å²) in [5.41, 5.74) is 1.09. The Morgan fingerprint density at radius 1 is 0.956 bits per heavy atom. The van der Waals surface area contributed by atoms with Crippen LogP contribution in [-0.4, -0.2) is 69.3 Å². The minimum atomic E-state index is -1.73. The maximum Gasteiger partial charge on any atom is 0.417 e. The number of esters is 1. The summed E-state index contributed by atoms with van der Waals surface area (Å²) in [5.74, 6) is 0.480. The Balaban J connectivity index is 2.35. The second kappa shape index (κ2) is 16.5. The van der Waals surface area contributed by atoms with Gasteiger partial charge in [0.05, 0.1) is 17.9 Å². The van der Waals surface area contributed by atoms with E-state index >= 15 is 0 Å². The van der Waals surface area contributed by atoms with Crippen LogP contribution in [0.2, 0.25) is 43.8 Å². The van der Waals surface area contributed by atoms with Crippen molar-refractivity contribution in [1.82, 2.24) is 4.90 Å². The normalized spacial score (nSPS) is 16.5. The molecule has 0 fully saturated rings. The van der Waals surface area contributed by atoms with Crippen LogP contribution in [-0.2, 0) is 18.7 Å². The van der Waals surface area contributed by atoms with Gasteiger partial charge in [0.2, 0.25) is 0 Å². The highest BCUT2D eigenvalue weighted by Gasteiger charge is 2.43. The molecule has 1 heterocycles. The molecular formula is C34H58N2O5S2Si2. The lowest BCUT2D eigenvalue weighted by molar-refractivity contribution is -0.139. The van der Waals surface area contributed by atoms with Crippen LogP contribution >= 0.6 is 23.5 Å². The fourth-order valence-electron chi connectivity index (χ4n) is 4.36. The molecule has 1 aliphatic rings. The van der Waals surface area contributed by atoms with Crippen molar-refractivity contribution >= 4 is 57.1 Å². The highest BCUT2D eigenvalue weighted by Crippen LogP contribution is 2.42. The topological polar surface area (TPSA) is 77.4 Å². The number of rotatable bonds is 13. The van der Waals surface area contributed by atoms with E-state index in [1.807, 2.05) is 52.1 Å². The van der Waals surface area contributed by atoms with E-state index in [0.29, 0.717) is 23.0 Å². The number of ether oxygens (including phenoxy) is 2. The molecule has 0 bridgehead atoms. The Hall–Kier alpha value is -1.54. The van der Waals surface area contributed by atoms with Gasteiger partial charge in [0.15, 0.2) is 13.5 Å². The van der Waals surface area contributed by atoms with Gasteiger partial charge in [-0.15, -0.1) is 11.8 Å². The number of thioether (sulfide) groups is 2. The molecule has 0 radical (unpaired) electrons. The van der Waals surface area contributed by atoms with Crippen molar-refractivity contribution in [2.75, 3.05) is 25.2 Å². The minimum Gasteiger partial charge on any atom is -0.463 e. The molecule has 0 saturated carbocycles. The number of allylic oxidation sites excluding steroid dienone is 1. The molecule has 0 N–H and O–H groups in total. The Labute approximate surface area is 283 Å². The van der Waals surface area contributed by atoms with E-state index in [1.54, 1.807) is 11.8 Å². The number of amides is 1. The standard InChI is InChI=1S/C34H58N2O5S2Si2/c1-25-28(30(37)39-22-24-44(9,10)11)29(36(31(35-25)42-8)32(38)41-33(2,3)4)26-19-15-16-20-27(26)43-23-18-14-17-21-40-45(12,13)34(5,6)7/h15-16,19-20,29H,14,17-18,21-24H2,1-13H3. The molecule has 0 saturated heterocycles. The molecule has 2 rings (SSSR count). The molecule has 45 heavy (non-hydrogen) atoms. The quantitative estimate of drug-likeness (QED) is 0.0880. The average molecular weight is 695 g/mol. The van der Waals surface area contributed by atoms with E-state index < -0.39 is 40.1 Å². The van der Waals surface area contributed by atoms with Gasteiger partial charge in [-0.25, -0.2) is 19.5 Å². The van der Waals surface area contributed by atoms with E-state index in [2.05, 4.69) is 59.6 Å². The van der Waals surface area contributed by atoms with E-state index in [9.17, 15) is 9.59 Å². The summed E-state index contributed by atoms with van der Waals surface area (Å²) in [7, 11) is -3.15. The van der Waals surface area contributed by atoms with E-state index in [1.165, 1.54) is 16.7 Å². The molecule has 1 unspecified atom stereocenters. The number of carbonyl (C=O) groups is 2. The summed E-state index contributed by atoms with van der Waals surface area (Å²) < 4.78 is 18.1. The molecule has 1 aliphatic heterocycles. The fourth-order valence-corrected chi connectivity index (χ4v) is 7.86. The summed E-state index contributed by atoms with van der Waals surface area (Å²) in [4.78, 5) is 34.9. The molecule has 254 valence electrons. The van der Waals surface area contributed by atoms with Crippen molar-refractivity contribution in [3.05, 3.63) is 41.1 Å². The maximum atomic E-state index is 13.8. The zero-order chi connectivity index (χ0) is 34.2. The van der Waals surface area contributed by atoms with Crippen LogP contribution in [0.3, 0.4) is 0 Å². The summed E-state index contributed by atoms with van der Waals surface area (Å²) in [6, 6.07) is 8.18. The number of hydrogen-bond acceptors (Lipinski definition) is 8. The lowest BCUT2D eigenvalue weighted by Gasteiger charge is -2.37. The van der Waals surface area contributed by atoms with Crippen molar-refractivity contribution in [2.24, 2.45) is 4.99 Å². The SMILES string of the molecule is CSC1=NC(C)=C(C(=O)OCC[Si](C)(C)C)C(c2ccccc2SCCCCCO[Si](C)(C)C(C)(C)C)N1C(=O)OC(C)(C)C. The van der Waals surface area contributed by atoms with Gasteiger partial charge in [0, 0.05) is 19.6 Å². The van der Waals surface area contributed by atoms with Gasteiger partial charge in [-0.05, 0) is 88.4 Å². The van der Waals surface area contributed by atoms with Crippen LogP contribution in [0, 0.1) is 0 Å². The smallest absolute Gasteiger partial charge is 0.417 e. The largest absolute Gasteiger partial charge is 0.463 e. The summed E-state index contributed by atoms with van der Waals surface area (Å²) in [6.45, 7) is 26.7. The minimum absolute atomic E-state index is 0.214. The highest BCUT2D eigenvalue weighted by atomic mass is 32.2. The molecule has 1 aromatic rings. The van der Waals surface area contributed by atoms with Crippen LogP contribution in [0.15, 0.2) is 45.4 Å². The highest BCUT2D eigenvalue weighted by molar-refractivity contribution is 8.13. The Kier molecular flexibility index (Phi) is 14.6. The summed E-state index contributed by atoms with van der Waals surface area (Å²) in [6.07, 6.45) is 4.49. The van der Waals surface area contributed by atoms with Gasteiger partial charge in [-0.2, -0.15) is 0 Å². The first-order valence-corrected chi connectivity index (χ1v) is 24.9. The summed E-state index contributed by atoms with van der Waals surface area (Å²) in [5, 5.41) is 0.707. The van der Waals surface area contributed by atoms with E-state index in [0.717, 1.165) is 48.1 Å². The van der Waals surface area contributed by atoms with Gasteiger partial charge in [0.25, 0.3) is 0 Å². The predicted octanol–water partition coefficient (Wildman–Crippen LogP) is 10.1. The molecular weight excluding hydrogens is 637 g/mol. The Morgan fingerprint density at radius 2 is 1.60 bits per heavy atom. The van der Waals surface area contributed by atoms with Gasteiger partial charge in [-0.1, -0.05) is 76.8 Å². The zero-order valence-corrected chi connectivity index (χ0v) is 33.7. The lowest BCUT2D eigenvalue weighted by atomic mass is 9.94. The fraction of sp³-hybridized carbons (Fsp3) is 0.676. The third kappa shape index (κ3) is 12.2. The van der Waals surface area contributed by atoms with Crippen LogP contribution in [0.25, 0.3) is 0 Å².